The predicted octanol–water partition coefficient (Wildman–Crippen LogP) is 1.47. The van der Waals surface area contributed by atoms with Crippen LogP contribution in [-0.2, 0) is 9.59 Å². The Labute approximate surface area is 133 Å². The molecule has 2 rings (SSSR count). The van der Waals surface area contributed by atoms with Gasteiger partial charge in [0.05, 0.1) is 25.7 Å². The molecule has 7 heteroatoms. The summed E-state index contributed by atoms with van der Waals surface area (Å²) in [6.07, 6.45) is 2.42. The Hall–Kier alpha value is -2.80. The van der Waals surface area contributed by atoms with E-state index in [1.54, 1.807) is 37.4 Å². The minimum atomic E-state index is -0.770. The van der Waals surface area contributed by atoms with Crippen LogP contribution in [0, 0.1) is 0 Å². The van der Waals surface area contributed by atoms with Gasteiger partial charge in [-0.2, -0.15) is 0 Å². The number of carbonyl (C=O) groups excluding carboxylic acids is 2. The topological polar surface area (TPSA) is 101 Å². The van der Waals surface area contributed by atoms with E-state index in [1.807, 2.05) is 0 Å². The zero-order chi connectivity index (χ0) is 16.7. The van der Waals surface area contributed by atoms with E-state index >= 15 is 0 Å². The molecule has 7 nitrogen and oxygen atoms in total. The number of anilines is 1. The second-order valence-electron chi connectivity index (χ2n) is 4.80. The SMILES string of the molecule is COc1ccc(NC(=O)C(=O)NCCC(O)c2ccoc2)cc1. The highest BCUT2D eigenvalue weighted by Crippen LogP contribution is 2.16. The fraction of sp³-hybridized carbons (Fsp3) is 0.250. The lowest BCUT2D eigenvalue weighted by Gasteiger charge is -2.10. The molecule has 0 aliphatic rings. The number of aliphatic hydroxyl groups excluding tert-OH is 1. The van der Waals surface area contributed by atoms with E-state index in [4.69, 9.17) is 9.15 Å². The number of benzene rings is 1. The molecule has 0 saturated carbocycles. The molecule has 122 valence electrons. The van der Waals surface area contributed by atoms with Crippen LogP contribution >= 0.6 is 0 Å². The fourth-order valence-electron chi connectivity index (χ4n) is 1.90. The number of rotatable bonds is 6. The van der Waals surface area contributed by atoms with Crippen LogP contribution in [0.15, 0.2) is 47.3 Å². The predicted molar refractivity (Wildman–Crippen MR) is 82.9 cm³/mol. The normalized spacial score (nSPS) is 11.6. The number of nitrogens with one attached hydrogen (secondary N) is 2. The average Bonchev–Trinajstić information content (AvgIpc) is 3.10. The Morgan fingerprint density at radius 1 is 1.22 bits per heavy atom. The number of carbonyl (C=O) groups is 2. The second kappa shape index (κ2) is 8.00. The summed E-state index contributed by atoms with van der Waals surface area (Å²) in [4.78, 5) is 23.4. The maximum Gasteiger partial charge on any atom is 0.313 e. The first-order valence-electron chi connectivity index (χ1n) is 7.03. The fourth-order valence-corrected chi connectivity index (χ4v) is 1.90. The Kier molecular flexibility index (Phi) is 5.76. The minimum absolute atomic E-state index is 0.168. The highest BCUT2D eigenvalue weighted by Gasteiger charge is 2.15. The van der Waals surface area contributed by atoms with Crippen molar-refractivity contribution in [3.8, 4) is 5.75 Å². The molecule has 0 radical (unpaired) electrons. The third-order valence-electron chi connectivity index (χ3n) is 3.19. The molecule has 2 aromatic rings. The van der Waals surface area contributed by atoms with E-state index in [1.165, 1.54) is 12.5 Å². The molecule has 1 atom stereocenters. The lowest BCUT2D eigenvalue weighted by molar-refractivity contribution is -0.136. The van der Waals surface area contributed by atoms with Gasteiger partial charge in [0.1, 0.15) is 5.75 Å². The van der Waals surface area contributed by atoms with Crippen LogP contribution < -0.4 is 15.4 Å². The van der Waals surface area contributed by atoms with Crippen molar-refractivity contribution in [1.82, 2.24) is 5.32 Å². The van der Waals surface area contributed by atoms with Gasteiger partial charge in [0.2, 0.25) is 0 Å². The van der Waals surface area contributed by atoms with Crippen LogP contribution in [0.4, 0.5) is 5.69 Å². The monoisotopic (exact) mass is 318 g/mol. The Bertz CT molecular complexity index is 637. The minimum Gasteiger partial charge on any atom is -0.497 e. The summed E-state index contributed by atoms with van der Waals surface area (Å²) < 4.78 is 9.87. The van der Waals surface area contributed by atoms with E-state index < -0.39 is 17.9 Å². The van der Waals surface area contributed by atoms with Crippen LogP contribution in [0.25, 0.3) is 0 Å². The summed E-state index contributed by atoms with van der Waals surface area (Å²) in [6, 6.07) is 8.26. The molecule has 3 N–H and O–H groups in total. The first-order valence-corrected chi connectivity index (χ1v) is 7.03. The quantitative estimate of drug-likeness (QED) is 0.700. The molecule has 23 heavy (non-hydrogen) atoms. The number of furan rings is 1. The Balaban J connectivity index is 1.75. The van der Waals surface area contributed by atoms with Crippen molar-refractivity contribution in [2.45, 2.75) is 12.5 Å². The zero-order valence-corrected chi connectivity index (χ0v) is 12.6. The Morgan fingerprint density at radius 3 is 2.57 bits per heavy atom. The third-order valence-corrected chi connectivity index (χ3v) is 3.19. The van der Waals surface area contributed by atoms with Crippen LogP contribution in [-0.4, -0.2) is 30.6 Å². The molecular weight excluding hydrogens is 300 g/mol. The third kappa shape index (κ3) is 4.86. The summed E-state index contributed by atoms with van der Waals surface area (Å²) >= 11 is 0. The highest BCUT2D eigenvalue weighted by atomic mass is 16.5. The number of amides is 2. The van der Waals surface area contributed by atoms with Crippen molar-refractivity contribution in [3.63, 3.8) is 0 Å². The average molecular weight is 318 g/mol. The summed E-state index contributed by atoms with van der Waals surface area (Å²) in [7, 11) is 1.54. The molecule has 1 aromatic heterocycles. The van der Waals surface area contributed by atoms with Gasteiger partial charge in [-0.05, 0) is 36.8 Å². The first-order chi connectivity index (χ1) is 11.1. The molecule has 2 amide bonds. The molecule has 0 fully saturated rings. The molecule has 1 heterocycles. The number of hydrogen-bond donors (Lipinski definition) is 3. The van der Waals surface area contributed by atoms with Crippen LogP contribution in [0.3, 0.4) is 0 Å². The summed E-state index contributed by atoms with van der Waals surface area (Å²) in [5.41, 5.74) is 1.12. The van der Waals surface area contributed by atoms with Crippen molar-refractivity contribution < 1.29 is 23.8 Å². The summed E-state index contributed by atoms with van der Waals surface area (Å²) in [5, 5.41) is 14.7. The summed E-state index contributed by atoms with van der Waals surface area (Å²) in [6.45, 7) is 0.168. The molecule has 0 saturated heterocycles. The van der Waals surface area contributed by atoms with Crippen LogP contribution in [0.1, 0.15) is 18.1 Å². The first kappa shape index (κ1) is 16.6. The van der Waals surface area contributed by atoms with Crippen LogP contribution in [0.2, 0.25) is 0 Å². The van der Waals surface area contributed by atoms with Crippen LogP contribution in [0.5, 0.6) is 5.75 Å². The lowest BCUT2D eigenvalue weighted by Crippen LogP contribution is -2.36. The van der Waals surface area contributed by atoms with Gasteiger partial charge in [-0.3, -0.25) is 9.59 Å². The van der Waals surface area contributed by atoms with Gasteiger partial charge in [0.15, 0.2) is 0 Å². The van der Waals surface area contributed by atoms with Gasteiger partial charge in [-0.15, -0.1) is 0 Å². The van der Waals surface area contributed by atoms with E-state index in [0.29, 0.717) is 17.0 Å². The number of hydrogen-bond acceptors (Lipinski definition) is 5. The Morgan fingerprint density at radius 2 is 1.96 bits per heavy atom. The van der Waals surface area contributed by atoms with Crippen molar-refractivity contribution in [3.05, 3.63) is 48.4 Å². The van der Waals surface area contributed by atoms with E-state index in [9.17, 15) is 14.7 Å². The van der Waals surface area contributed by atoms with Gasteiger partial charge >= 0.3 is 11.8 Å². The van der Waals surface area contributed by atoms with E-state index in [2.05, 4.69) is 10.6 Å². The second-order valence-corrected chi connectivity index (χ2v) is 4.80. The van der Waals surface area contributed by atoms with Crippen molar-refractivity contribution in [2.75, 3.05) is 19.0 Å². The van der Waals surface area contributed by atoms with Gasteiger partial charge < -0.3 is 24.9 Å². The molecule has 1 aromatic carbocycles. The smallest absolute Gasteiger partial charge is 0.313 e. The number of aliphatic hydroxyl groups is 1. The van der Waals surface area contributed by atoms with Crippen molar-refractivity contribution >= 4 is 17.5 Å². The van der Waals surface area contributed by atoms with Gasteiger partial charge in [-0.1, -0.05) is 0 Å². The van der Waals surface area contributed by atoms with Crippen molar-refractivity contribution in [2.24, 2.45) is 0 Å². The summed E-state index contributed by atoms with van der Waals surface area (Å²) in [5.74, 6) is -0.881. The van der Waals surface area contributed by atoms with Gasteiger partial charge in [0, 0.05) is 17.8 Å². The molecule has 1 unspecified atom stereocenters. The number of methoxy groups -OCH3 is 1. The van der Waals surface area contributed by atoms with E-state index in [-0.39, 0.29) is 13.0 Å². The largest absolute Gasteiger partial charge is 0.497 e. The highest BCUT2D eigenvalue weighted by molar-refractivity contribution is 6.39. The standard InChI is InChI=1S/C16H18N2O5/c1-22-13-4-2-12(3-5-13)18-16(21)15(20)17-8-6-14(19)11-7-9-23-10-11/h2-5,7,9-10,14,19H,6,8H2,1H3,(H,17,20)(H,18,21). The number of ether oxygens (including phenoxy) is 1. The maximum atomic E-state index is 11.7. The zero-order valence-electron chi connectivity index (χ0n) is 12.6. The lowest BCUT2D eigenvalue weighted by atomic mass is 10.1. The molecule has 0 bridgehead atoms. The maximum absolute atomic E-state index is 11.7. The van der Waals surface area contributed by atoms with E-state index in [0.717, 1.165) is 0 Å². The molecule has 0 aliphatic carbocycles. The molecular formula is C16H18N2O5. The van der Waals surface area contributed by atoms with Gasteiger partial charge in [0.25, 0.3) is 0 Å². The van der Waals surface area contributed by atoms with Crippen molar-refractivity contribution in [1.29, 1.82) is 0 Å². The molecule has 0 aliphatic heterocycles. The molecule has 0 spiro atoms. The van der Waals surface area contributed by atoms with Gasteiger partial charge in [-0.25, -0.2) is 0 Å².